The van der Waals surface area contributed by atoms with Crippen LogP contribution in [0.15, 0.2) is 36.5 Å². The summed E-state index contributed by atoms with van der Waals surface area (Å²) in [5.41, 5.74) is 2.78. The van der Waals surface area contributed by atoms with Crippen LogP contribution in [0.3, 0.4) is 0 Å². The minimum absolute atomic E-state index is 0.0669. The van der Waals surface area contributed by atoms with Gasteiger partial charge in [-0.3, -0.25) is 14.7 Å². The number of nitrogens with zero attached hydrogens (tertiary/aromatic N) is 2. The highest BCUT2D eigenvalue weighted by Crippen LogP contribution is 2.47. The predicted molar refractivity (Wildman–Crippen MR) is 105 cm³/mol. The molecule has 2 N–H and O–H groups in total. The molecule has 0 aliphatic heterocycles. The van der Waals surface area contributed by atoms with E-state index in [-0.39, 0.29) is 17.6 Å². The van der Waals surface area contributed by atoms with E-state index >= 15 is 4.39 Å². The first-order chi connectivity index (χ1) is 13.9. The van der Waals surface area contributed by atoms with E-state index in [1.165, 1.54) is 10.7 Å². The summed E-state index contributed by atoms with van der Waals surface area (Å²) in [6.07, 6.45) is 3.49. The maximum atomic E-state index is 15.2. The molecular formula is C22H23F2N3O2. The fourth-order valence-electron chi connectivity index (χ4n) is 4.82. The van der Waals surface area contributed by atoms with Crippen LogP contribution in [0, 0.1) is 18.6 Å². The fraction of sp³-hybridized carbons (Fsp3) is 0.364. The van der Waals surface area contributed by atoms with E-state index in [0.29, 0.717) is 47.9 Å². The normalized spacial score (nSPS) is 22.0. The number of amides is 1. The Morgan fingerprint density at radius 3 is 2.66 bits per heavy atom. The zero-order valence-electron chi connectivity index (χ0n) is 16.4. The zero-order chi connectivity index (χ0) is 20.8. The number of hydroxylamine groups is 1. The number of halogens is 2. The molecule has 0 saturated heterocycles. The third-order valence-electron chi connectivity index (χ3n) is 6.47. The van der Waals surface area contributed by atoms with Crippen molar-refractivity contribution >= 4 is 16.8 Å². The molecule has 0 bridgehead atoms. The quantitative estimate of drug-likeness (QED) is 0.511. The van der Waals surface area contributed by atoms with Gasteiger partial charge in [-0.05, 0) is 61.3 Å². The lowest BCUT2D eigenvalue weighted by Crippen LogP contribution is -2.46. The summed E-state index contributed by atoms with van der Waals surface area (Å²) in [7, 11) is 1.71. The number of benzene rings is 2. The van der Waals surface area contributed by atoms with Crippen molar-refractivity contribution in [3.8, 4) is 0 Å². The average molecular weight is 399 g/mol. The Kier molecular flexibility index (Phi) is 4.86. The van der Waals surface area contributed by atoms with Gasteiger partial charge in [-0.2, -0.15) is 5.10 Å². The Morgan fingerprint density at radius 1 is 1.24 bits per heavy atom. The van der Waals surface area contributed by atoms with E-state index in [1.807, 2.05) is 6.07 Å². The summed E-state index contributed by atoms with van der Waals surface area (Å²) >= 11 is 0. The van der Waals surface area contributed by atoms with Crippen molar-refractivity contribution in [2.24, 2.45) is 7.05 Å². The first-order valence-corrected chi connectivity index (χ1v) is 9.69. The van der Waals surface area contributed by atoms with Crippen molar-refractivity contribution in [1.82, 2.24) is 15.3 Å². The third kappa shape index (κ3) is 3.00. The smallest absolute Gasteiger partial charge is 0.253 e. The van der Waals surface area contributed by atoms with Crippen molar-refractivity contribution in [2.45, 2.75) is 43.9 Å². The lowest BCUT2D eigenvalue weighted by Gasteiger charge is -2.39. The van der Waals surface area contributed by atoms with Gasteiger partial charge in [0.25, 0.3) is 5.91 Å². The van der Waals surface area contributed by atoms with Crippen LogP contribution in [-0.4, -0.2) is 20.9 Å². The van der Waals surface area contributed by atoms with E-state index < -0.39 is 11.3 Å². The summed E-state index contributed by atoms with van der Waals surface area (Å²) in [4.78, 5) is 12.7. The Hall–Kier alpha value is -2.80. The largest absolute Gasteiger partial charge is 0.289 e. The van der Waals surface area contributed by atoms with E-state index in [2.05, 4.69) is 5.10 Å². The van der Waals surface area contributed by atoms with Gasteiger partial charge in [0.15, 0.2) is 5.82 Å². The minimum atomic E-state index is -1.04. The van der Waals surface area contributed by atoms with Crippen molar-refractivity contribution in [3.63, 3.8) is 0 Å². The second-order valence-electron chi connectivity index (χ2n) is 7.88. The molecular weight excluding hydrogens is 376 g/mol. The maximum Gasteiger partial charge on any atom is 0.253 e. The van der Waals surface area contributed by atoms with Gasteiger partial charge in [0.05, 0.1) is 11.6 Å². The molecule has 1 fully saturated rings. The Balaban J connectivity index is 1.69. The molecule has 2 aromatic carbocycles. The number of rotatable bonds is 3. The van der Waals surface area contributed by atoms with Crippen molar-refractivity contribution in [1.29, 1.82) is 0 Å². The van der Waals surface area contributed by atoms with E-state index in [4.69, 9.17) is 0 Å². The van der Waals surface area contributed by atoms with Crippen LogP contribution in [0.1, 0.15) is 48.3 Å². The Labute approximate surface area is 167 Å². The fourth-order valence-corrected chi connectivity index (χ4v) is 4.82. The molecule has 7 heteroatoms. The first-order valence-electron chi connectivity index (χ1n) is 9.69. The summed E-state index contributed by atoms with van der Waals surface area (Å²) in [6.45, 7) is 1.64. The Morgan fingerprint density at radius 2 is 1.97 bits per heavy atom. The second kappa shape index (κ2) is 7.22. The maximum absolute atomic E-state index is 15.2. The van der Waals surface area contributed by atoms with Gasteiger partial charge in [-0.15, -0.1) is 0 Å². The average Bonchev–Trinajstić information content (AvgIpc) is 3.11. The first kappa shape index (κ1) is 19.5. The van der Waals surface area contributed by atoms with Crippen molar-refractivity contribution in [3.05, 3.63) is 64.9 Å². The molecule has 152 valence electrons. The number of nitrogens with one attached hydrogen (secondary N) is 1. The minimum Gasteiger partial charge on any atom is -0.289 e. The lowest BCUT2D eigenvalue weighted by molar-refractivity contribution is -0.136. The molecule has 3 aromatic rings. The van der Waals surface area contributed by atoms with Crippen molar-refractivity contribution in [2.75, 3.05) is 0 Å². The van der Waals surface area contributed by atoms with Crippen LogP contribution in [-0.2, 0) is 17.3 Å². The Bertz CT molecular complexity index is 1090. The molecule has 4 rings (SSSR count). The monoisotopic (exact) mass is 399 g/mol. The third-order valence-corrected chi connectivity index (χ3v) is 6.47. The van der Waals surface area contributed by atoms with Crippen LogP contribution in [0.4, 0.5) is 8.78 Å². The van der Waals surface area contributed by atoms with Gasteiger partial charge in [-0.25, -0.2) is 14.3 Å². The topological polar surface area (TPSA) is 67.2 Å². The van der Waals surface area contributed by atoms with Crippen LogP contribution in [0.5, 0.6) is 0 Å². The molecule has 29 heavy (non-hydrogen) atoms. The van der Waals surface area contributed by atoms with Crippen LogP contribution in [0.25, 0.3) is 10.9 Å². The number of carbonyl (C=O) groups is 1. The second-order valence-corrected chi connectivity index (χ2v) is 7.88. The highest BCUT2D eigenvalue weighted by Gasteiger charge is 2.45. The summed E-state index contributed by atoms with van der Waals surface area (Å²) in [5, 5.41) is 14.2. The van der Waals surface area contributed by atoms with Crippen LogP contribution >= 0.6 is 0 Å². The molecule has 1 heterocycles. The highest BCUT2D eigenvalue weighted by atomic mass is 19.1. The van der Waals surface area contributed by atoms with Gasteiger partial charge in [-0.1, -0.05) is 24.3 Å². The van der Waals surface area contributed by atoms with Gasteiger partial charge in [0.1, 0.15) is 11.3 Å². The van der Waals surface area contributed by atoms with E-state index in [0.717, 1.165) is 5.39 Å². The zero-order valence-corrected chi connectivity index (χ0v) is 16.4. The molecule has 1 aromatic heterocycles. The number of aryl methyl sites for hydroxylation is 1. The molecule has 0 spiro atoms. The molecule has 0 radical (unpaired) electrons. The van der Waals surface area contributed by atoms with E-state index in [1.54, 1.807) is 43.8 Å². The molecule has 1 aliphatic carbocycles. The van der Waals surface area contributed by atoms with Gasteiger partial charge in [0.2, 0.25) is 0 Å². The van der Waals surface area contributed by atoms with E-state index in [9.17, 15) is 14.4 Å². The standard InChI is InChI=1S/C22H23F2N3O2/c1-13-17(4-3-5-18(13)23)22(21(28)26-29)10-8-14(9-11-22)16-7-6-15-12-25-27(2)20(15)19(16)24/h3-7,12,14,29H,8-11H2,1-2H3,(H,26,28)/t14-,22-. The molecule has 0 unspecified atom stereocenters. The van der Waals surface area contributed by atoms with Crippen molar-refractivity contribution < 1.29 is 18.8 Å². The van der Waals surface area contributed by atoms with Gasteiger partial charge in [0, 0.05) is 12.4 Å². The number of fused-ring (bicyclic) bond motifs is 1. The molecule has 1 saturated carbocycles. The molecule has 5 nitrogen and oxygen atoms in total. The molecule has 1 aliphatic rings. The molecule has 0 atom stereocenters. The number of aromatic nitrogens is 2. The number of carbonyl (C=O) groups excluding carboxylic acids is 1. The number of hydrogen-bond acceptors (Lipinski definition) is 3. The molecule has 1 amide bonds. The summed E-state index contributed by atoms with van der Waals surface area (Å²) in [5.74, 6) is -1.29. The number of hydrogen-bond donors (Lipinski definition) is 2. The summed E-state index contributed by atoms with van der Waals surface area (Å²) in [6, 6.07) is 8.31. The van der Waals surface area contributed by atoms with Gasteiger partial charge < -0.3 is 0 Å². The highest BCUT2D eigenvalue weighted by molar-refractivity contribution is 5.88. The van der Waals surface area contributed by atoms with Gasteiger partial charge >= 0.3 is 0 Å². The predicted octanol–water partition coefficient (Wildman–Crippen LogP) is 4.26. The van der Waals surface area contributed by atoms with Crippen LogP contribution < -0.4 is 5.48 Å². The SMILES string of the molecule is Cc1c(F)cccc1[C@]1(C(=O)NO)CC[C@H](c2ccc3cnn(C)c3c2F)CC1. The van der Waals surface area contributed by atoms with Crippen LogP contribution in [0.2, 0.25) is 0 Å². The summed E-state index contributed by atoms with van der Waals surface area (Å²) < 4.78 is 30.9. The lowest BCUT2D eigenvalue weighted by atomic mass is 9.64.